The first kappa shape index (κ1) is 19.1. The van der Waals surface area contributed by atoms with Crippen LogP contribution < -0.4 is 9.30 Å². The number of ether oxygens (including phenoxy) is 1. The topological polar surface area (TPSA) is 18.0 Å². The number of benzene rings is 4. The fourth-order valence-electron chi connectivity index (χ4n) is 4.94. The van der Waals surface area contributed by atoms with Gasteiger partial charge in [-0.15, -0.1) is 0 Å². The fourth-order valence-corrected chi connectivity index (χ4v) is 4.94. The lowest BCUT2D eigenvalue weighted by atomic mass is 9.92. The summed E-state index contributed by atoms with van der Waals surface area (Å²) in [5.74, 6) is 2.57. The van der Waals surface area contributed by atoms with Crippen molar-refractivity contribution in [1.82, 2.24) is 4.57 Å². The van der Waals surface area contributed by atoms with E-state index in [0.29, 0.717) is 11.8 Å². The average Bonchev–Trinajstić information content (AvgIpc) is 3.19. The number of hydrogen-bond donors (Lipinski definition) is 0. The first-order chi connectivity index (χ1) is 15.5. The number of fused-ring (bicyclic) bond motifs is 4. The van der Waals surface area contributed by atoms with Gasteiger partial charge in [0.05, 0.1) is 11.2 Å². The largest absolute Gasteiger partial charge is 0.464 e. The molecule has 4 aromatic carbocycles. The third kappa shape index (κ3) is 2.64. The quantitative estimate of drug-likeness (QED) is 0.219. The molecule has 0 atom stereocenters. The van der Waals surface area contributed by atoms with Gasteiger partial charge in [-0.1, -0.05) is 88.4 Å². The number of hydrogen-bond acceptors (Lipinski definition) is 1. The molecule has 2 heterocycles. The zero-order valence-electron chi connectivity index (χ0n) is 18.9. The summed E-state index contributed by atoms with van der Waals surface area (Å²) in [5, 5.41) is 2.29. The van der Waals surface area contributed by atoms with Crippen LogP contribution in [0.1, 0.15) is 50.7 Å². The van der Waals surface area contributed by atoms with Gasteiger partial charge in [-0.3, -0.25) is 9.13 Å². The van der Waals surface area contributed by atoms with Crippen molar-refractivity contribution in [3.63, 3.8) is 0 Å². The maximum atomic E-state index is 6.51. The molecule has 0 saturated carbocycles. The molecule has 32 heavy (non-hydrogen) atoms. The monoisotopic (exact) mass is 418 g/mol. The van der Waals surface area contributed by atoms with Crippen molar-refractivity contribution in [2.45, 2.75) is 39.5 Å². The second kappa shape index (κ2) is 6.96. The minimum atomic E-state index is 0.406. The standard InChI is InChI=1S/C29H26N2O/c1-18(2)21-11-7-12-22(19(3)4)27(21)30-17-31-25-16-15-20-9-5-6-10-23(20)29(25)32-26-14-8-13-24(30)28(26)31/h5-16,18-19H,1-4H3. The predicted molar refractivity (Wildman–Crippen MR) is 129 cm³/mol. The van der Waals surface area contributed by atoms with Crippen LogP contribution in [-0.2, 0) is 0 Å². The smallest absolute Gasteiger partial charge is 0.270 e. The molecule has 0 saturated heterocycles. The third-order valence-corrected chi connectivity index (χ3v) is 6.52. The Bertz CT molecular complexity index is 1480. The molecule has 158 valence electrons. The summed E-state index contributed by atoms with van der Waals surface area (Å²) in [4.78, 5) is 0. The van der Waals surface area contributed by atoms with E-state index in [4.69, 9.17) is 4.74 Å². The first-order valence-corrected chi connectivity index (χ1v) is 11.4. The van der Waals surface area contributed by atoms with E-state index in [1.807, 2.05) is 0 Å². The third-order valence-electron chi connectivity index (χ3n) is 6.52. The maximum Gasteiger partial charge on any atom is 0.270 e. The molecule has 1 aliphatic rings. The molecule has 1 aromatic heterocycles. The van der Waals surface area contributed by atoms with Gasteiger partial charge in [0, 0.05) is 5.39 Å². The van der Waals surface area contributed by atoms with Crippen molar-refractivity contribution < 1.29 is 9.30 Å². The second-order valence-electron chi connectivity index (χ2n) is 9.23. The summed E-state index contributed by atoms with van der Waals surface area (Å²) in [6.45, 7) is 9.04. The summed E-state index contributed by atoms with van der Waals surface area (Å²) in [6, 6.07) is 25.7. The van der Waals surface area contributed by atoms with Crippen LogP contribution >= 0.6 is 0 Å². The van der Waals surface area contributed by atoms with Crippen molar-refractivity contribution in [2.24, 2.45) is 0 Å². The SMILES string of the molecule is CC(C)c1cccc(C(C)C)c1-n1[c-][n+]2c3c(cccc31)Oc1c-2ccc2ccccc12. The highest BCUT2D eigenvalue weighted by atomic mass is 16.5. The average molecular weight is 419 g/mol. The zero-order chi connectivity index (χ0) is 22.0. The van der Waals surface area contributed by atoms with E-state index in [-0.39, 0.29) is 0 Å². The molecule has 0 unspecified atom stereocenters. The fraction of sp³-hybridized carbons (Fsp3) is 0.207. The highest BCUT2D eigenvalue weighted by molar-refractivity contribution is 5.93. The molecular weight excluding hydrogens is 392 g/mol. The lowest BCUT2D eigenvalue weighted by molar-refractivity contribution is -0.575. The minimum Gasteiger partial charge on any atom is -0.464 e. The van der Waals surface area contributed by atoms with E-state index < -0.39 is 0 Å². The van der Waals surface area contributed by atoms with E-state index in [1.54, 1.807) is 0 Å². The van der Waals surface area contributed by atoms with Crippen LogP contribution in [0.5, 0.6) is 11.5 Å². The van der Waals surface area contributed by atoms with Gasteiger partial charge >= 0.3 is 0 Å². The first-order valence-electron chi connectivity index (χ1n) is 11.4. The summed E-state index contributed by atoms with van der Waals surface area (Å²) in [6.07, 6.45) is 3.71. The van der Waals surface area contributed by atoms with E-state index >= 15 is 0 Å². The van der Waals surface area contributed by atoms with Gasteiger partial charge < -0.3 is 4.74 Å². The molecule has 3 nitrogen and oxygen atoms in total. The molecule has 0 aliphatic carbocycles. The van der Waals surface area contributed by atoms with Crippen LogP contribution in [0.2, 0.25) is 0 Å². The van der Waals surface area contributed by atoms with Crippen molar-refractivity contribution in [3.05, 3.63) is 90.3 Å². The van der Waals surface area contributed by atoms with Gasteiger partial charge in [-0.2, -0.15) is 0 Å². The number of imidazole rings is 1. The van der Waals surface area contributed by atoms with Gasteiger partial charge in [-0.25, -0.2) is 0 Å². The Kier molecular flexibility index (Phi) is 4.16. The maximum absolute atomic E-state index is 6.51. The Balaban J connectivity index is 1.71. The van der Waals surface area contributed by atoms with Crippen molar-refractivity contribution >= 4 is 21.8 Å². The normalized spacial score (nSPS) is 12.6. The minimum absolute atomic E-state index is 0.406. The van der Waals surface area contributed by atoms with Crippen LogP contribution in [0.15, 0.2) is 72.8 Å². The van der Waals surface area contributed by atoms with Gasteiger partial charge in [0.15, 0.2) is 0 Å². The molecule has 6 rings (SSSR count). The lowest BCUT2D eigenvalue weighted by Gasteiger charge is -2.21. The van der Waals surface area contributed by atoms with Gasteiger partial charge in [0.25, 0.3) is 6.33 Å². The highest BCUT2D eigenvalue weighted by Gasteiger charge is 2.26. The van der Waals surface area contributed by atoms with Crippen LogP contribution in [0.25, 0.3) is 33.2 Å². The number of para-hydroxylation sites is 2. The van der Waals surface area contributed by atoms with Crippen LogP contribution in [0, 0.1) is 6.33 Å². The van der Waals surface area contributed by atoms with Crippen molar-refractivity contribution in [1.29, 1.82) is 0 Å². The molecule has 5 aromatic rings. The zero-order valence-corrected chi connectivity index (χ0v) is 18.9. The Morgan fingerprint density at radius 1 is 0.781 bits per heavy atom. The van der Waals surface area contributed by atoms with Gasteiger partial charge in [0.1, 0.15) is 22.7 Å². The summed E-state index contributed by atoms with van der Waals surface area (Å²) in [7, 11) is 0. The Hall–Kier alpha value is -3.59. The van der Waals surface area contributed by atoms with Gasteiger partial charge in [0.2, 0.25) is 0 Å². The molecule has 0 spiro atoms. The van der Waals surface area contributed by atoms with Crippen LogP contribution in [-0.4, -0.2) is 4.57 Å². The molecule has 0 radical (unpaired) electrons. The predicted octanol–water partition coefficient (Wildman–Crippen LogP) is 7.21. The van der Waals surface area contributed by atoms with E-state index in [2.05, 4.69) is 116 Å². The highest BCUT2D eigenvalue weighted by Crippen LogP contribution is 2.42. The van der Waals surface area contributed by atoms with Crippen LogP contribution in [0.3, 0.4) is 0 Å². The lowest BCUT2D eigenvalue weighted by Crippen LogP contribution is -2.32. The molecule has 0 N–H and O–H groups in total. The summed E-state index contributed by atoms with van der Waals surface area (Å²) < 4.78 is 10.9. The number of rotatable bonds is 3. The molecule has 0 fully saturated rings. The Labute approximate surface area is 188 Å². The van der Waals surface area contributed by atoms with Crippen molar-refractivity contribution in [3.8, 4) is 22.9 Å². The summed E-state index contributed by atoms with van der Waals surface area (Å²) in [5.41, 5.74) is 7.10. The molecular formula is C29H26N2O. The molecule has 3 heteroatoms. The second-order valence-corrected chi connectivity index (χ2v) is 9.23. The number of nitrogens with zero attached hydrogens (tertiary/aromatic N) is 2. The molecule has 1 aliphatic heterocycles. The van der Waals surface area contributed by atoms with Crippen molar-refractivity contribution in [2.75, 3.05) is 0 Å². The van der Waals surface area contributed by atoms with E-state index in [1.165, 1.54) is 22.2 Å². The molecule has 0 bridgehead atoms. The number of aromatic nitrogens is 2. The van der Waals surface area contributed by atoms with Gasteiger partial charge in [-0.05, 0) is 40.5 Å². The Morgan fingerprint density at radius 2 is 1.50 bits per heavy atom. The molecule has 0 amide bonds. The van der Waals surface area contributed by atoms with E-state index in [0.717, 1.165) is 33.6 Å². The summed E-state index contributed by atoms with van der Waals surface area (Å²) >= 11 is 0. The Morgan fingerprint density at radius 3 is 2.25 bits per heavy atom. The van der Waals surface area contributed by atoms with Crippen LogP contribution in [0.4, 0.5) is 0 Å². The van der Waals surface area contributed by atoms with E-state index in [9.17, 15) is 0 Å².